The summed E-state index contributed by atoms with van der Waals surface area (Å²) in [6, 6.07) is 6.63. The van der Waals surface area contributed by atoms with Crippen LogP contribution in [-0.4, -0.2) is 33.3 Å². The second kappa shape index (κ2) is 4.83. The van der Waals surface area contributed by atoms with Gasteiger partial charge in [0.05, 0.1) is 12.1 Å². The molecule has 0 bridgehead atoms. The van der Waals surface area contributed by atoms with E-state index in [0.717, 1.165) is 36.6 Å². The number of carbonyl (C=O) groups is 1. The zero-order valence-corrected chi connectivity index (χ0v) is 11.1. The first-order valence-electron chi connectivity index (χ1n) is 6.87. The van der Waals surface area contributed by atoms with Crippen LogP contribution in [0.1, 0.15) is 36.2 Å². The highest BCUT2D eigenvalue weighted by atomic mass is 16.3. The molecule has 2 aromatic rings. The van der Waals surface area contributed by atoms with Crippen LogP contribution >= 0.6 is 0 Å². The summed E-state index contributed by atoms with van der Waals surface area (Å²) < 4.78 is 0. The average Bonchev–Trinajstić information content (AvgIpc) is 3.05. The maximum atomic E-state index is 12.3. The van der Waals surface area contributed by atoms with E-state index in [9.17, 15) is 15.0 Å². The maximum absolute atomic E-state index is 12.3. The minimum Gasteiger partial charge on any atom is -0.508 e. The van der Waals surface area contributed by atoms with Crippen molar-refractivity contribution in [2.24, 2.45) is 0 Å². The zero-order chi connectivity index (χ0) is 14.2. The molecular weight excluding hydrogens is 256 g/mol. The fourth-order valence-corrected chi connectivity index (χ4v) is 2.92. The molecule has 1 saturated carbocycles. The molecular formula is C15H18N2O3. The number of phenols is 1. The molecule has 0 radical (unpaired) electrons. The van der Waals surface area contributed by atoms with Gasteiger partial charge in [0.25, 0.3) is 5.91 Å². The third-order valence-electron chi connectivity index (χ3n) is 4.09. The van der Waals surface area contributed by atoms with Crippen molar-refractivity contribution in [3.63, 3.8) is 0 Å². The number of hydrogen-bond acceptors (Lipinski definition) is 3. The topological polar surface area (TPSA) is 85.3 Å². The summed E-state index contributed by atoms with van der Waals surface area (Å²) in [6.07, 6.45) is 3.69. The van der Waals surface area contributed by atoms with Crippen molar-refractivity contribution in [3.05, 3.63) is 30.0 Å². The van der Waals surface area contributed by atoms with Gasteiger partial charge in [-0.1, -0.05) is 12.8 Å². The van der Waals surface area contributed by atoms with Gasteiger partial charge in [-0.15, -0.1) is 0 Å². The Morgan fingerprint density at radius 1 is 1.30 bits per heavy atom. The summed E-state index contributed by atoms with van der Waals surface area (Å²) in [5.74, 6) is -0.0391. The Balaban J connectivity index is 1.85. The zero-order valence-electron chi connectivity index (χ0n) is 11.1. The van der Waals surface area contributed by atoms with Crippen LogP contribution in [0.15, 0.2) is 24.3 Å². The Kier molecular flexibility index (Phi) is 3.14. The first-order chi connectivity index (χ1) is 9.62. The minimum atomic E-state index is -0.476. The van der Waals surface area contributed by atoms with E-state index < -0.39 is 5.54 Å². The molecule has 5 nitrogen and oxygen atoms in total. The van der Waals surface area contributed by atoms with Crippen molar-refractivity contribution in [1.29, 1.82) is 0 Å². The molecule has 1 fully saturated rings. The monoisotopic (exact) mass is 274 g/mol. The lowest BCUT2D eigenvalue weighted by Gasteiger charge is -2.27. The van der Waals surface area contributed by atoms with E-state index in [2.05, 4.69) is 10.3 Å². The number of amides is 1. The number of aliphatic hydroxyl groups excluding tert-OH is 1. The van der Waals surface area contributed by atoms with Gasteiger partial charge in [0.2, 0.25) is 0 Å². The van der Waals surface area contributed by atoms with E-state index >= 15 is 0 Å². The van der Waals surface area contributed by atoms with Crippen LogP contribution in [0.5, 0.6) is 5.75 Å². The molecule has 0 aliphatic heterocycles. The summed E-state index contributed by atoms with van der Waals surface area (Å²) in [4.78, 5) is 15.3. The molecule has 0 saturated heterocycles. The van der Waals surface area contributed by atoms with Crippen LogP contribution in [0.25, 0.3) is 10.9 Å². The predicted molar refractivity (Wildman–Crippen MR) is 75.7 cm³/mol. The highest BCUT2D eigenvalue weighted by Crippen LogP contribution is 2.29. The molecule has 20 heavy (non-hydrogen) atoms. The van der Waals surface area contributed by atoms with Gasteiger partial charge in [-0.3, -0.25) is 4.79 Å². The largest absolute Gasteiger partial charge is 0.508 e. The van der Waals surface area contributed by atoms with Crippen LogP contribution in [0, 0.1) is 0 Å². The maximum Gasteiger partial charge on any atom is 0.268 e. The second-order valence-corrected chi connectivity index (χ2v) is 5.55. The molecule has 0 unspecified atom stereocenters. The highest BCUT2D eigenvalue weighted by Gasteiger charge is 2.35. The number of benzene rings is 1. The standard InChI is InChI=1S/C15H18N2O3/c18-9-15(5-1-2-6-15)17-14(20)13-8-10-7-11(19)3-4-12(10)16-13/h3-4,7-8,16,18-19H,1-2,5-6,9H2,(H,17,20). The number of H-pyrrole nitrogens is 1. The molecule has 1 aliphatic rings. The SMILES string of the molecule is O=C(NC1(CO)CCCC1)c1cc2cc(O)ccc2[nH]1. The lowest BCUT2D eigenvalue weighted by atomic mass is 9.99. The van der Waals surface area contributed by atoms with Gasteiger partial charge in [-0.05, 0) is 37.1 Å². The van der Waals surface area contributed by atoms with Crippen LogP contribution in [0.4, 0.5) is 0 Å². The second-order valence-electron chi connectivity index (χ2n) is 5.55. The van der Waals surface area contributed by atoms with E-state index in [1.165, 1.54) is 0 Å². The van der Waals surface area contributed by atoms with Gasteiger partial charge in [-0.25, -0.2) is 0 Å². The molecule has 1 aromatic heterocycles. The smallest absolute Gasteiger partial charge is 0.268 e. The summed E-state index contributed by atoms with van der Waals surface area (Å²) in [5, 5.41) is 22.7. The fourth-order valence-electron chi connectivity index (χ4n) is 2.92. The fraction of sp³-hybridized carbons (Fsp3) is 0.400. The van der Waals surface area contributed by atoms with Gasteiger partial charge >= 0.3 is 0 Å². The van der Waals surface area contributed by atoms with Gasteiger partial charge in [0, 0.05) is 10.9 Å². The van der Waals surface area contributed by atoms with Crippen molar-refractivity contribution in [2.75, 3.05) is 6.61 Å². The Morgan fingerprint density at radius 2 is 2.05 bits per heavy atom. The number of aromatic amines is 1. The molecule has 5 heteroatoms. The number of hydrogen-bond donors (Lipinski definition) is 4. The van der Waals surface area contributed by atoms with Gasteiger partial charge in [0.15, 0.2) is 0 Å². The van der Waals surface area contributed by atoms with Crippen LogP contribution < -0.4 is 5.32 Å². The van der Waals surface area contributed by atoms with Crippen molar-refractivity contribution in [2.45, 2.75) is 31.2 Å². The molecule has 0 spiro atoms. The Labute approximate surface area is 116 Å². The molecule has 3 rings (SSSR count). The Morgan fingerprint density at radius 3 is 2.75 bits per heavy atom. The average molecular weight is 274 g/mol. The van der Waals surface area contributed by atoms with Crippen molar-refractivity contribution in [1.82, 2.24) is 10.3 Å². The van der Waals surface area contributed by atoms with E-state index in [-0.39, 0.29) is 18.3 Å². The highest BCUT2D eigenvalue weighted by molar-refractivity contribution is 5.98. The molecule has 1 amide bonds. The molecule has 4 N–H and O–H groups in total. The molecule has 1 heterocycles. The Hall–Kier alpha value is -2.01. The predicted octanol–water partition coefficient (Wildman–Crippen LogP) is 1.91. The Bertz CT molecular complexity index is 642. The quantitative estimate of drug-likeness (QED) is 0.689. The van der Waals surface area contributed by atoms with Crippen molar-refractivity contribution in [3.8, 4) is 5.75 Å². The molecule has 1 aliphatic carbocycles. The van der Waals surface area contributed by atoms with Crippen LogP contribution in [-0.2, 0) is 0 Å². The summed E-state index contributed by atoms with van der Waals surface area (Å²) >= 11 is 0. The van der Waals surface area contributed by atoms with Gasteiger partial charge < -0.3 is 20.5 Å². The van der Waals surface area contributed by atoms with E-state index in [1.807, 2.05) is 0 Å². The van der Waals surface area contributed by atoms with Gasteiger partial charge in [0.1, 0.15) is 11.4 Å². The number of aromatic hydroxyl groups is 1. The first-order valence-corrected chi connectivity index (χ1v) is 6.87. The summed E-state index contributed by atoms with van der Waals surface area (Å²) in [6.45, 7) is -0.0280. The molecule has 106 valence electrons. The number of fused-ring (bicyclic) bond motifs is 1. The van der Waals surface area contributed by atoms with Crippen LogP contribution in [0.3, 0.4) is 0 Å². The van der Waals surface area contributed by atoms with E-state index in [4.69, 9.17) is 0 Å². The van der Waals surface area contributed by atoms with Crippen molar-refractivity contribution < 1.29 is 15.0 Å². The normalized spacial score (nSPS) is 17.4. The molecule has 1 aromatic carbocycles. The third kappa shape index (κ3) is 2.25. The summed E-state index contributed by atoms with van der Waals surface area (Å²) in [7, 11) is 0. The number of nitrogens with one attached hydrogen (secondary N) is 2. The number of aliphatic hydroxyl groups is 1. The first kappa shape index (κ1) is 13.0. The van der Waals surface area contributed by atoms with Gasteiger partial charge in [-0.2, -0.15) is 0 Å². The van der Waals surface area contributed by atoms with Crippen LogP contribution in [0.2, 0.25) is 0 Å². The minimum absolute atomic E-state index is 0.0280. The number of aromatic nitrogens is 1. The lowest BCUT2D eigenvalue weighted by Crippen LogP contribution is -2.49. The van der Waals surface area contributed by atoms with E-state index in [0.29, 0.717) is 5.69 Å². The summed E-state index contributed by atoms with van der Waals surface area (Å²) in [5.41, 5.74) is 0.777. The van der Waals surface area contributed by atoms with Crippen molar-refractivity contribution >= 4 is 16.8 Å². The molecule has 0 atom stereocenters. The lowest BCUT2D eigenvalue weighted by molar-refractivity contribution is 0.0834. The van der Waals surface area contributed by atoms with E-state index in [1.54, 1.807) is 24.3 Å². The number of carbonyl (C=O) groups excluding carboxylic acids is 1. The number of rotatable bonds is 3. The third-order valence-corrected chi connectivity index (χ3v) is 4.09. The number of phenolic OH excluding ortho intramolecular Hbond substituents is 1.